The summed E-state index contributed by atoms with van der Waals surface area (Å²) in [5.41, 5.74) is 12.6. The summed E-state index contributed by atoms with van der Waals surface area (Å²) < 4.78 is 0. The summed E-state index contributed by atoms with van der Waals surface area (Å²) in [5, 5.41) is 11.7. The van der Waals surface area contributed by atoms with Gasteiger partial charge < -0.3 is 16.0 Å². The van der Waals surface area contributed by atoms with Crippen LogP contribution < -0.4 is 11.1 Å². The zero-order valence-electron chi connectivity index (χ0n) is 20.3. The molecule has 4 N–H and O–H groups in total. The van der Waals surface area contributed by atoms with Crippen molar-refractivity contribution >= 4 is 45.9 Å². The molecule has 0 spiro atoms. The van der Waals surface area contributed by atoms with E-state index in [1.807, 2.05) is 23.1 Å². The molecule has 0 radical (unpaired) electrons. The van der Waals surface area contributed by atoms with Gasteiger partial charge >= 0.3 is 0 Å². The lowest BCUT2D eigenvalue weighted by Gasteiger charge is -2.31. The van der Waals surface area contributed by atoms with Gasteiger partial charge in [0.15, 0.2) is 0 Å². The van der Waals surface area contributed by atoms with Gasteiger partial charge in [-0.15, -0.1) is 0 Å². The SMILES string of the molecule is CC(C)N(C(=O)c1cccc2c1C=C(c1cc(Nc3ccnc(N)n3)cc3cn[nH]c13)C2)C(C)C. The molecule has 0 fully saturated rings. The molecule has 0 unspecified atom stereocenters. The second kappa shape index (κ2) is 8.87. The molecule has 8 heteroatoms. The van der Waals surface area contributed by atoms with E-state index in [2.05, 4.69) is 71.4 Å². The topological polar surface area (TPSA) is 113 Å². The number of H-pyrrole nitrogens is 1. The van der Waals surface area contributed by atoms with Crippen LogP contribution in [0.5, 0.6) is 0 Å². The van der Waals surface area contributed by atoms with Crippen LogP contribution in [0.15, 0.2) is 48.8 Å². The molecule has 5 rings (SSSR count). The zero-order valence-corrected chi connectivity index (χ0v) is 20.3. The van der Waals surface area contributed by atoms with Gasteiger partial charge in [0, 0.05) is 40.5 Å². The number of hydrogen-bond acceptors (Lipinski definition) is 6. The van der Waals surface area contributed by atoms with Crippen molar-refractivity contribution in [3.05, 3.63) is 71.0 Å². The molecule has 1 aliphatic rings. The molecule has 2 aromatic carbocycles. The zero-order chi connectivity index (χ0) is 24.7. The number of aromatic nitrogens is 4. The fourth-order valence-corrected chi connectivity index (χ4v) is 4.91. The third-order valence-electron chi connectivity index (χ3n) is 6.31. The van der Waals surface area contributed by atoms with Crippen LogP contribution in [0.1, 0.15) is 54.7 Å². The van der Waals surface area contributed by atoms with Crippen molar-refractivity contribution in [1.82, 2.24) is 25.1 Å². The highest BCUT2D eigenvalue weighted by atomic mass is 16.2. The molecule has 0 saturated carbocycles. The van der Waals surface area contributed by atoms with Crippen molar-refractivity contribution in [2.45, 2.75) is 46.2 Å². The number of benzene rings is 2. The maximum atomic E-state index is 13.5. The molecule has 178 valence electrons. The predicted molar refractivity (Wildman–Crippen MR) is 140 cm³/mol. The molecule has 0 bridgehead atoms. The Morgan fingerprint density at radius 1 is 1.14 bits per heavy atom. The first-order chi connectivity index (χ1) is 16.8. The highest BCUT2D eigenvalue weighted by Crippen LogP contribution is 2.38. The van der Waals surface area contributed by atoms with Crippen LogP contribution in [0.25, 0.3) is 22.6 Å². The fourth-order valence-electron chi connectivity index (χ4n) is 4.91. The average molecular weight is 468 g/mol. The van der Waals surface area contributed by atoms with E-state index in [0.29, 0.717) is 5.82 Å². The number of nitrogens with one attached hydrogen (secondary N) is 2. The van der Waals surface area contributed by atoms with Crippen molar-refractivity contribution in [3.8, 4) is 0 Å². The van der Waals surface area contributed by atoms with E-state index in [-0.39, 0.29) is 23.9 Å². The van der Waals surface area contributed by atoms with E-state index >= 15 is 0 Å². The number of carbonyl (C=O) groups excluding carboxylic acids is 1. The first kappa shape index (κ1) is 22.6. The van der Waals surface area contributed by atoms with E-state index in [4.69, 9.17) is 5.73 Å². The maximum absolute atomic E-state index is 13.5. The van der Waals surface area contributed by atoms with E-state index < -0.39 is 0 Å². The smallest absolute Gasteiger partial charge is 0.254 e. The number of rotatable bonds is 6. The number of nitrogens with zero attached hydrogens (tertiary/aromatic N) is 4. The Labute approximate surface area is 204 Å². The van der Waals surface area contributed by atoms with Crippen LogP contribution >= 0.6 is 0 Å². The lowest BCUT2D eigenvalue weighted by Crippen LogP contribution is -2.42. The molecule has 1 amide bonds. The van der Waals surface area contributed by atoms with Crippen LogP contribution in [-0.4, -0.2) is 43.1 Å². The molecule has 8 nitrogen and oxygen atoms in total. The molecular formula is C27H29N7O. The van der Waals surface area contributed by atoms with Crippen LogP contribution in [0.4, 0.5) is 17.5 Å². The highest BCUT2D eigenvalue weighted by Gasteiger charge is 2.27. The lowest BCUT2D eigenvalue weighted by molar-refractivity contribution is 0.0643. The van der Waals surface area contributed by atoms with Gasteiger partial charge in [-0.1, -0.05) is 12.1 Å². The summed E-state index contributed by atoms with van der Waals surface area (Å²) in [7, 11) is 0. The number of nitrogens with two attached hydrogens (primary N) is 1. The number of carbonyl (C=O) groups is 1. The third kappa shape index (κ3) is 4.23. The van der Waals surface area contributed by atoms with Crippen molar-refractivity contribution in [1.29, 1.82) is 0 Å². The van der Waals surface area contributed by atoms with Crippen LogP contribution in [0, 0.1) is 0 Å². The van der Waals surface area contributed by atoms with Gasteiger partial charge in [0.05, 0.1) is 11.7 Å². The Kier molecular flexibility index (Phi) is 5.72. The third-order valence-corrected chi connectivity index (χ3v) is 6.31. The maximum Gasteiger partial charge on any atom is 0.254 e. The second-order valence-corrected chi connectivity index (χ2v) is 9.41. The van der Waals surface area contributed by atoms with Gasteiger partial charge in [0.25, 0.3) is 5.91 Å². The van der Waals surface area contributed by atoms with Gasteiger partial charge in [-0.05, 0) is 81.2 Å². The van der Waals surface area contributed by atoms with Crippen LogP contribution in [-0.2, 0) is 6.42 Å². The first-order valence-corrected chi connectivity index (χ1v) is 11.8. The van der Waals surface area contributed by atoms with Crippen LogP contribution in [0.2, 0.25) is 0 Å². The van der Waals surface area contributed by atoms with E-state index in [1.165, 1.54) is 0 Å². The Morgan fingerprint density at radius 2 is 1.94 bits per heavy atom. The summed E-state index contributed by atoms with van der Waals surface area (Å²) in [5.74, 6) is 0.890. The number of amides is 1. The summed E-state index contributed by atoms with van der Waals surface area (Å²) in [6.45, 7) is 8.23. The fraction of sp³-hybridized carbons (Fsp3) is 0.259. The number of aromatic amines is 1. The van der Waals surface area contributed by atoms with Gasteiger partial charge in [-0.25, -0.2) is 4.98 Å². The van der Waals surface area contributed by atoms with Gasteiger partial charge in [-0.3, -0.25) is 9.89 Å². The monoisotopic (exact) mass is 467 g/mol. The summed E-state index contributed by atoms with van der Waals surface area (Å²) in [6.07, 6.45) is 6.30. The van der Waals surface area contributed by atoms with E-state index in [1.54, 1.807) is 18.5 Å². The summed E-state index contributed by atoms with van der Waals surface area (Å²) >= 11 is 0. The standard InChI is InChI=1S/C27H29N7O/c1-15(2)34(16(3)4)26(35)21-7-5-6-17-10-18(12-22(17)21)23-13-20(11-19-14-30-33-25(19)23)31-24-8-9-29-27(28)32-24/h5-9,11-16H,10H2,1-4H3,(H,30,33)(H3,28,29,31,32). The predicted octanol–water partition coefficient (Wildman–Crippen LogP) is 5.03. The van der Waals surface area contributed by atoms with Gasteiger partial charge in [0.1, 0.15) is 5.82 Å². The largest absolute Gasteiger partial charge is 0.368 e. The number of hydrogen-bond donors (Lipinski definition) is 3. The van der Waals surface area contributed by atoms with Crippen molar-refractivity contribution < 1.29 is 4.79 Å². The van der Waals surface area contributed by atoms with Crippen LogP contribution in [0.3, 0.4) is 0 Å². The van der Waals surface area contributed by atoms with Gasteiger partial charge in [0.2, 0.25) is 5.95 Å². The molecule has 2 heterocycles. The summed E-state index contributed by atoms with van der Waals surface area (Å²) in [4.78, 5) is 23.7. The molecular weight excluding hydrogens is 438 g/mol. The minimum atomic E-state index is 0.0628. The number of allylic oxidation sites excluding steroid dienone is 1. The Bertz CT molecular complexity index is 1440. The van der Waals surface area contributed by atoms with Crippen molar-refractivity contribution in [3.63, 3.8) is 0 Å². The first-order valence-electron chi connectivity index (χ1n) is 11.8. The normalized spacial score (nSPS) is 12.8. The van der Waals surface area contributed by atoms with Gasteiger partial charge in [-0.2, -0.15) is 10.1 Å². The molecule has 0 saturated heterocycles. The quantitative estimate of drug-likeness (QED) is 0.366. The molecule has 1 aliphatic carbocycles. The molecule has 2 aromatic heterocycles. The molecule has 35 heavy (non-hydrogen) atoms. The van der Waals surface area contributed by atoms with Crippen molar-refractivity contribution in [2.24, 2.45) is 0 Å². The molecule has 4 aromatic rings. The minimum Gasteiger partial charge on any atom is -0.368 e. The number of nitrogen functional groups attached to an aromatic ring is 1. The second-order valence-electron chi connectivity index (χ2n) is 9.41. The highest BCUT2D eigenvalue weighted by molar-refractivity contribution is 6.05. The Morgan fingerprint density at radius 3 is 2.69 bits per heavy atom. The Hall–Kier alpha value is -4.20. The average Bonchev–Trinajstić information content (AvgIpc) is 3.44. The number of fused-ring (bicyclic) bond motifs is 2. The van der Waals surface area contributed by atoms with E-state index in [9.17, 15) is 4.79 Å². The molecule has 0 aliphatic heterocycles. The van der Waals surface area contributed by atoms with E-state index in [0.717, 1.165) is 50.8 Å². The lowest BCUT2D eigenvalue weighted by atomic mass is 10.00. The Balaban J connectivity index is 1.56. The summed E-state index contributed by atoms with van der Waals surface area (Å²) in [6, 6.07) is 12.1. The number of anilines is 3. The van der Waals surface area contributed by atoms with Crippen molar-refractivity contribution in [2.75, 3.05) is 11.1 Å². The minimum absolute atomic E-state index is 0.0628. The molecule has 0 atom stereocenters.